The minimum absolute atomic E-state index is 0.0411. The van der Waals surface area contributed by atoms with Gasteiger partial charge in [0, 0.05) is 31.3 Å². The highest BCUT2D eigenvalue weighted by atomic mass is 19.1. The summed E-state index contributed by atoms with van der Waals surface area (Å²) in [5, 5.41) is 35.6. The molecule has 4 rings (SSSR count). The van der Waals surface area contributed by atoms with E-state index in [1.54, 1.807) is 12.1 Å². The quantitative estimate of drug-likeness (QED) is 0.144. The van der Waals surface area contributed by atoms with E-state index in [0.717, 1.165) is 61.8 Å². The molecule has 2 aromatic carbocycles. The Morgan fingerprint density at radius 3 is 2.76 bits per heavy atom. The van der Waals surface area contributed by atoms with Crippen LogP contribution in [0, 0.1) is 22.5 Å². The highest BCUT2D eigenvalue weighted by Gasteiger charge is 2.27. The lowest BCUT2D eigenvalue weighted by atomic mass is 9.96. The molecule has 0 saturated heterocycles. The van der Waals surface area contributed by atoms with Crippen molar-refractivity contribution in [3.63, 3.8) is 0 Å². The van der Waals surface area contributed by atoms with Gasteiger partial charge in [0.2, 0.25) is 5.89 Å². The molecule has 41 heavy (non-hydrogen) atoms. The van der Waals surface area contributed by atoms with Crippen molar-refractivity contribution in [2.75, 3.05) is 29.9 Å². The van der Waals surface area contributed by atoms with Crippen molar-refractivity contribution in [3.8, 4) is 11.5 Å². The molecule has 5 N–H and O–H groups in total. The second kappa shape index (κ2) is 13.8. The molecular weight excluding hydrogens is 532 g/mol. The highest BCUT2D eigenvalue weighted by molar-refractivity contribution is 6.06. The Morgan fingerprint density at radius 2 is 2.07 bits per heavy atom. The summed E-state index contributed by atoms with van der Waals surface area (Å²) in [7, 11) is 0. The Morgan fingerprint density at radius 1 is 1.29 bits per heavy atom. The monoisotopic (exact) mass is 566 g/mol. The van der Waals surface area contributed by atoms with Crippen LogP contribution in [0.5, 0.6) is 0 Å². The van der Waals surface area contributed by atoms with E-state index in [4.69, 9.17) is 15.2 Å². The SMILES string of the molecule is CCCCN1CCNc2c(-c3ncco3)cc(C(=O)NC(Cc3cc(F)cc(F)c3)C(O)CCC(=N)[N-]C=N)cc21. The fraction of sp³-hybridized carbons (Fsp3) is 0.379. The summed E-state index contributed by atoms with van der Waals surface area (Å²) in [6.07, 6.45) is 4.57. The van der Waals surface area contributed by atoms with E-state index in [-0.39, 0.29) is 30.7 Å². The van der Waals surface area contributed by atoms with Gasteiger partial charge in [0.15, 0.2) is 0 Å². The van der Waals surface area contributed by atoms with Gasteiger partial charge < -0.3 is 41.2 Å². The van der Waals surface area contributed by atoms with Gasteiger partial charge in [0.05, 0.1) is 35.3 Å². The van der Waals surface area contributed by atoms with E-state index < -0.39 is 29.7 Å². The number of carbonyl (C=O) groups excluding carboxylic acids is 1. The van der Waals surface area contributed by atoms with E-state index in [0.29, 0.717) is 23.6 Å². The van der Waals surface area contributed by atoms with Gasteiger partial charge in [-0.3, -0.25) is 4.79 Å². The molecule has 1 aliphatic rings. The third-order valence-corrected chi connectivity index (χ3v) is 6.90. The van der Waals surface area contributed by atoms with Crippen LogP contribution < -0.4 is 15.5 Å². The number of anilines is 2. The highest BCUT2D eigenvalue weighted by Crippen LogP contribution is 2.39. The van der Waals surface area contributed by atoms with Gasteiger partial charge in [0.1, 0.15) is 17.9 Å². The Kier molecular flexibility index (Phi) is 10.0. The summed E-state index contributed by atoms with van der Waals surface area (Å²) in [6.45, 7) is 4.39. The molecule has 2 atom stereocenters. The van der Waals surface area contributed by atoms with Crippen LogP contribution in [0.25, 0.3) is 16.8 Å². The van der Waals surface area contributed by atoms with Crippen LogP contribution in [-0.4, -0.2) is 60.0 Å². The Balaban J connectivity index is 1.65. The van der Waals surface area contributed by atoms with Crippen molar-refractivity contribution in [2.24, 2.45) is 0 Å². The van der Waals surface area contributed by atoms with Crippen LogP contribution >= 0.6 is 0 Å². The van der Waals surface area contributed by atoms with Crippen LogP contribution in [0.2, 0.25) is 0 Å². The van der Waals surface area contributed by atoms with Gasteiger partial charge in [-0.05, 0) is 67.7 Å². The van der Waals surface area contributed by atoms with Crippen molar-refractivity contribution in [3.05, 3.63) is 70.9 Å². The smallest absolute Gasteiger partial charge is 0.251 e. The van der Waals surface area contributed by atoms with Gasteiger partial charge in [-0.1, -0.05) is 13.3 Å². The first-order valence-corrected chi connectivity index (χ1v) is 13.6. The lowest BCUT2D eigenvalue weighted by Crippen LogP contribution is -2.45. The number of hydrogen-bond donors (Lipinski definition) is 5. The lowest BCUT2D eigenvalue weighted by Gasteiger charge is -2.33. The maximum atomic E-state index is 13.9. The second-order valence-corrected chi connectivity index (χ2v) is 9.90. The first-order valence-electron chi connectivity index (χ1n) is 13.6. The lowest BCUT2D eigenvalue weighted by molar-refractivity contribution is 0.0819. The summed E-state index contributed by atoms with van der Waals surface area (Å²) in [6, 6.07) is 5.56. The number of nitrogens with one attached hydrogen (secondary N) is 4. The Hall–Kier alpha value is -4.32. The van der Waals surface area contributed by atoms with E-state index in [2.05, 4.69) is 32.8 Å². The first kappa shape index (κ1) is 29.7. The number of unbranched alkanes of at least 4 members (excludes halogenated alkanes) is 1. The van der Waals surface area contributed by atoms with Crippen molar-refractivity contribution in [1.29, 1.82) is 10.8 Å². The molecule has 0 fully saturated rings. The molecule has 1 aromatic heterocycles. The summed E-state index contributed by atoms with van der Waals surface area (Å²) < 4.78 is 33.4. The molecule has 1 amide bonds. The molecule has 2 unspecified atom stereocenters. The predicted octanol–water partition coefficient (Wildman–Crippen LogP) is 5.09. The number of rotatable bonds is 13. The maximum Gasteiger partial charge on any atom is 0.251 e. The van der Waals surface area contributed by atoms with Gasteiger partial charge >= 0.3 is 0 Å². The summed E-state index contributed by atoms with van der Waals surface area (Å²) in [4.78, 5) is 20.2. The van der Waals surface area contributed by atoms with E-state index >= 15 is 0 Å². The maximum absolute atomic E-state index is 13.9. The number of amides is 1. The molecule has 0 radical (unpaired) electrons. The van der Waals surface area contributed by atoms with Gasteiger partial charge in [-0.25, -0.2) is 13.8 Å². The van der Waals surface area contributed by atoms with Crippen LogP contribution in [0.3, 0.4) is 0 Å². The number of amidine groups is 1. The summed E-state index contributed by atoms with van der Waals surface area (Å²) in [5.74, 6) is -1.79. The van der Waals surface area contributed by atoms with E-state index in [9.17, 15) is 18.7 Å². The fourth-order valence-corrected chi connectivity index (χ4v) is 4.88. The Bertz CT molecular complexity index is 1350. The molecule has 218 valence electrons. The van der Waals surface area contributed by atoms with Crippen LogP contribution in [-0.2, 0) is 6.42 Å². The minimum Gasteiger partial charge on any atom is -0.444 e. The third-order valence-electron chi connectivity index (χ3n) is 6.90. The molecule has 1 aliphatic heterocycles. The number of benzene rings is 2. The van der Waals surface area contributed by atoms with Crippen LogP contribution in [0.4, 0.5) is 20.2 Å². The average Bonchev–Trinajstić information content (AvgIpc) is 3.48. The van der Waals surface area contributed by atoms with Gasteiger partial charge in [-0.2, -0.15) is 0 Å². The molecule has 12 heteroatoms. The van der Waals surface area contributed by atoms with Gasteiger partial charge in [0.25, 0.3) is 5.91 Å². The Labute approximate surface area is 237 Å². The number of aliphatic hydroxyl groups is 1. The normalized spacial score (nSPS) is 14.0. The number of hydrogen-bond acceptors (Lipinski definition) is 8. The summed E-state index contributed by atoms with van der Waals surface area (Å²) >= 11 is 0. The molecule has 2 heterocycles. The molecule has 0 aliphatic carbocycles. The number of aromatic nitrogens is 1. The van der Waals surface area contributed by atoms with Crippen LogP contribution in [0.15, 0.2) is 47.2 Å². The molecule has 0 saturated carbocycles. The number of fused-ring (bicyclic) bond motifs is 1. The average molecular weight is 567 g/mol. The zero-order valence-electron chi connectivity index (χ0n) is 22.8. The van der Waals surface area contributed by atoms with E-state index in [1.807, 2.05) is 0 Å². The molecule has 10 nitrogen and oxygen atoms in total. The van der Waals surface area contributed by atoms with E-state index in [1.165, 1.54) is 12.5 Å². The zero-order chi connectivity index (χ0) is 29.4. The number of carbonyl (C=O) groups is 1. The predicted molar refractivity (Wildman–Crippen MR) is 154 cm³/mol. The largest absolute Gasteiger partial charge is 0.444 e. The van der Waals surface area contributed by atoms with Crippen LogP contribution in [0.1, 0.15) is 48.5 Å². The number of nitrogens with zero attached hydrogens (tertiary/aromatic N) is 3. The number of aliphatic hydroxyl groups excluding tert-OH is 1. The van der Waals surface area contributed by atoms with Crippen molar-refractivity contribution < 1.29 is 23.1 Å². The molecule has 0 bridgehead atoms. The first-order chi connectivity index (χ1) is 19.8. The molecule has 0 spiro atoms. The topological polar surface area (TPSA) is 152 Å². The fourth-order valence-electron chi connectivity index (χ4n) is 4.88. The van der Waals surface area contributed by atoms with Crippen molar-refractivity contribution in [1.82, 2.24) is 10.3 Å². The summed E-state index contributed by atoms with van der Waals surface area (Å²) in [5.41, 5.74) is 2.82. The number of oxazole rings is 1. The zero-order valence-corrected chi connectivity index (χ0v) is 22.8. The van der Waals surface area contributed by atoms with Crippen molar-refractivity contribution in [2.45, 2.75) is 51.2 Å². The minimum atomic E-state index is -1.17. The van der Waals surface area contributed by atoms with Gasteiger partial charge in [-0.15, -0.1) is 0 Å². The standard InChI is InChI=1S/C29H35F2N7O3/c1-2-3-8-38-9-6-34-27-22(29-35-7-10-41-29)14-19(15-24(27)38)28(40)37-23(25(39)4-5-26(33)36-17-32)13-18-11-20(30)16-21(31)12-18/h7,10-12,14-17,23,25,39H,2-6,8-9,13H2,1H3,(H5,32,33,34,35,36,37,40)/p-1. The molecule has 3 aromatic rings. The second-order valence-electron chi connectivity index (χ2n) is 9.90. The number of halogens is 2. The van der Waals surface area contributed by atoms with Crippen molar-refractivity contribution >= 4 is 29.5 Å². The molecular formula is C29H34F2N7O3-. The third kappa shape index (κ3) is 7.66.